The highest BCUT2D eigenvalue weighted by Gasteiger charge is 2.31. The quantitative estimate of drug-likeness (QED) is 0.545. The molecule has 3 rings (SSSR count). The highest BCUT2D eigenvalue weighted by atomic mass is 19.4. The normalized spacial score (nSPS) is 14.5. The van der Waals surface area contributed by atoms with Crippen LogP contribution in [0.2, 0.25) is 0 Å². The van der Waals surface area contributed by atoms with Crippen LogP contribution in [0.15, 0.2) is 36.5 Å². The fraction of sp³-hybridized carbons (Fsp3) is 0.294. The van der Waals surface area contributed by atoms with Gasteiger partial charge in [0.15, 0.2) is 0 Å². The summed E-state index contributed by atoms with van der Waals surface area (Å²) in [6.07, 6.45) is -3.76. The summed E-state index contributed by atoms with van der Waals surface area (Å²) in [6.45, 7) is 0.859. The van der Waals surface area contributed by atoms with Crippen LogP contribution >= 0.6 is 0 Å². The maximum Gasteiger partial charge on any atom is 0.417 e. The van der Waals surface area contributed by atoms with E-state index in [2.05, 4.69) is 4.98 Å². The molecule has 13 heteroatoms. The predicted molar refractivity (Wildman–Crippen MR) is 97.1 cm³/mol. The minimum atomic E-state index is -4.49. The van der Waals surface area contributed by atoms with Gasteiger partial charge in [-0.1, -0.05) is 0 Å². The van der Waals surface area contributed by atoms with Crippen molar-refractivity contribution < 1.29 is 27.8 Å². The van der Waals surface area contributed by atoms with Crippen molar-refractivity contribution in [2.45, 2.75) is 6.18 Å². The van der Waals surface area contributed by atoms with E-state index in [1.54, 1.807) is 4.90 Å². The van der Waals surface area contributed by atoms with Crippen molar-refractivity contribution in [2.75, 3.05) is 31.1 Å². The van der Waals surface area contributed by atoms with E-state index in [0.29, 0.717) is 5.82 Å². The maximum absolute atomic E-state index is 12.7. The van der Waals surface area contributed by atoms with Crippen molar-refractivity contribution in [3.05, 3.63) is 67.9 Å². The standard InChI is InChI=1S/C17H14F3N5O5/c18-17(19,20)12-1-2-15(21-10-12)22-3-5-23(6-4-22)16(26)11-7-13(24(27)28)9-14(8-11)25(29)30/h1-2,7-10H,3-6H2. The average Bonchev–Trinajstić information content (AvgIpc) is 2.72. The van der Waals surface area contributed by atoms with Gasteiger partial charge in [-0.05, 0) is 12.1 Å². The molecule has 1 aromatic heterocycles. The van der Waals surface area contributed by atoms with Gasteiger partial charge in [-0.15, -0.1) is 0 Å². The summed E-state index contributed by atoms with van der Waals surface area (Å²) in [5, 5.41) is 22.0. The average molecular weight is 425 g/mol. The van der Waals surface area contributed by atoms with Crippen LogP contribution in [0.1, 0.15) is 15.9 Å². The number of nitro groups is 2. The number of carbonyl (C=O) groups is 1. The molecule has 0 radical (unpaired) electrons. The lowest BCUT2D eigenvalue weighted by atomic mass is 10.1. The molecule has 1 amide bonds. The molecule has 1 saturated heterocycles. The number of carbonyl (C=O) groups excluding carboxylic acids is 1. The number of pyridine rings is 1. The number of nitrogens with zero attached hydrogens (tertiary/aromatic N) is 5. The van der Waals surface area contributed by atoms with Crippen LogP contribution in [0.4, 0.5) is 30.4 Å². The van der Waals surface area contributed by atoms with E-state index >= 15 is 0 Å². The SMILES string of the molecule is O=C(c1cc([N+](=O)[O-])cc([N+](=O)[O-])c1)N1CCN(c2ccc(C(F)(F)F)cn2)CC1. The van der Waals surface area contributed by atoms with Crippen LogP contribution < -0.4 is 4.90 Å². The first-order valence-electron chi connectivity index (χ1n) is 8.57. The molecule has 0 spiro atoms. The number of hydrogen-bond donors (Lipinski definition) is 0. The third kappa shape index (κ3) is 4.45. The number of benzene rings is 1. The van der Waals surface area contributed by atoms with Gasteiger partial charge in [0, 0.05) is 44.5 Å². The van der Waals surface area contributed by atoms with Crippen LogP contribution in [0.25, 0.3) is 0 Å². The summed E-state index contributed by atoms with van der Waals surface area (Å²) >= 11 is 0. The first-order chi connectivity index (χ1) is 14.1. The Morgan fingerprint density at radius 1 is 0.967 bits per heavy atom. The zero-order chi connectivity index (χ0) is 22.1. The number of alkyl halides is 3. The Morgan fingerprint density at radius 2 is 1.53 bits per heavy atom. The van der Waals surface area contributed by atoms with Gasteiger partial charge in [0.2, 0.25) is 0 Å². The van der Waals surface area contributed by atoms with Gasteiger partial charge in [0.1, 0.15) is 5.82 Å². The number of aromatic nitrogens is 1. The molecule has 0 saturated carbocycles. The van der Waals surface area contributed by atoms with E-state index in [-0.39, 0.29) is 31.7 Å². The van der Waals surface area contributed by atoms with E-state index in [4.69, 9.17) is 0 Å². The third-order valence-electron chi connectivity index (χ3n) is 4.54. The Hall–Kier alpha value is -3.77. The Labute approximate surface area is 166 Å². The van der Waals surface area contributed by atoms with Gasteiger partial charge < -0.3 is 9.80 Å². The topological polar surface area (TPSA) is 123 Å². The first-order valence-corrected chi connectivity index (χ1v) is 8.57. The Bertz CT molecular complexity index is 956. The highest BCUT2D eigenvalue weighted by Crippen LogP contribution is 2.29. The molecule has 10 nitrogen and oxygen atoms in total. The number of rotatable bonds is 4. The molecule has 0 aliphatic carbocycles. The smallest absolute Gasteiger partial charge is 0.353 e. The molecule has 2 aromatic rings. The van der Waals surface area contributed by atoms with Crippen LogP contribution in [-0.2, 0) is 6.18 Å². The molecule has 1 aromatic carbocycles. The summed E-state index contributed by atoms with van der Waals surface area (Å²) in [5.74, 6) is -0.289. The predicted octanol–water partition coefficient (Wildman–Crippen LogP) is 2.88. The lowest BCUT2D eigenvalue weighted by Crippen LogP contribution is -2.49. The van der Waals surface area contributed by atoms with Crippen molar-refractivity contribution in [3.63, 3.8) is 0 Å². The van der Waals surface area contributed by atoms with Crippen LogP contribution in [0, 0.1) is 20.2 Å². The second-order valence-electron chi connectivity index (χ2n) is 6.43. The minimum Gasteiger partial charge on any atom is -0.353 e. The molecule has 0 bridgehead atoms. The fourth-order valence-electron chi connectivity index (χ4n) is 2.99. The van der Waals surface area contributed by atoms with Crippen molar-refractivity contribution >= 4 is 23.1 Å². The molecule has 0 unspecified atom stereocenters. The molecule has 0 N–H and O–H groups in total. The van der Waals surface area contributed by atoms with Crippen LogP contribution in [0.5, 0.6) is 0 Å². The van der Waals surface area contributed by atoms with E-state index < -0.39 is 38.9 Å². The summed E-state index contributed by atoms with van der Waals surface area (Å²) in [4.78, 5) is 39.9. The minimum absolute atomic E-state index is 0.165. The molecule has 0 atom stereocenters. The first kappa shape index (κ1) is 21.0. The maximum atomic E-state index is 12.7. The zero-order valence-corrected chi connectivity index (χ0v) is 15.2. The monoisotopic (exact) mass is 425 g/mol. The number of nitro benzene ring substituents is 2. The Morgan fingerprint density at radius 3 is 1.97 bits per heavy atom. The summed E-state index contributed by atoms with van der Waals surface area (Å²) in [7, 11) is 0. The number of halogens is 3. The molecule has 1 fully saturated rings. The number of piperazine rings is 1. The lowest BCUT2D eigenvalue weighted by Gasteiger charge is -2.35. The number of amides is 1. The molecule has 158 valence electrons. The van der Waals surface area contributed by atoms with Gasteiger partial charge in [-0.2, -0.15) is 13.2 Å². The molecule has 1 aliphatic rings. The van der Waals surface area contributed by atoms with Crippen LogP contribution in [0.3, 0.4) is 0 Å². The number of anilines is 1. The van der Waals surface area contributed by atoms with Gasteiger partial charge in [-0.25, -0.2) is 4.98 Å². The highest BCUT2D eigenvalue weighted by molar-refractivity contribution is 5.95. The van der Waals surface area contributed by atoms with Gasteiger partial charge >= 0.3 is 6.18 Å². The molecule has 2 heterocycles. The van der Waals surface area contributed by atoms with Crippen molar-refractivity contribution in [1.82, 2.24) is 9.88 Å². The van der Waals surface area contributed by atoms with E-state index in [0.717, 1.165) is 30.5 Å². The Balaban J connectivity index is 1.71. The molecular weight excluding hydrogens is 411 g/mol. The number of hydrogen-bond acceptors (Lipinski definition) is 7. The number of non-ortho nitro benzene ring substituents is 2. The second-order valence-corrected chi connectivity index (χ2v) is 6.43. The lowest BCUT2D eigenvalue weighted by molar-refractivity contribution is -0.394. The Kier molecular flexibility index (Phi) is 5.54. The van der Waals surface area contributed by atoms with E-state index in [1.807, 2.05) is 0 Å². The van der Waals surface area contributed by atoms with Crippen molar-refractivity contribution in [1.29, 1.82) is 0 Å². The molecule has 1 aliphatic heterocycles. The van der Waals surface area contributed by atoms with Crippen molar-refractivity contribution in [2.24, 2.45) is 0 Å². The van der Waals surface area contributed by atoms with Gasteiger partial charge in [0.05, 0.1) is 27.0 Å². The summed E-state index contributed by atoms with van der Waals surface area (Å²) in [6, 6.07) is 4.87. The van der Waals surface area contributed by atoms with E-state index in [1.165, 1.54) is 11.0 Å². The summed E-state index contributed by atoms with van der Waals surface area (Å²) in [5.41, 5.74) is -2.19. The van der Waals surface area contributed by atoms with Crippen LogP contribution in [-0.4, -0.2) is 51.8 Å². The molecule has 30 heavy (non-hydrogen) atoms. The zero-order valence-electron chi connectivity index (χ0n) is 15.2. The fourth-order valence-corrected chi connectivity index (χ4v) is 2.99. The summed E-state index contributed by atoms with van der Waals surface area (Å²) < 4.78 is 37.9. The third-order valence-corrected chi connectivity index (χ3v) is 4.54. The molecular formula is C17H14F3N5O5. The van der Waals surface area contributed by atoms with E-state index in [9.17, 15) is 38.2 Å². The second kappa shape index (κ2) is 7.93. The van der Waals surface area contributed by atoms with Crippen molar-refractivity contribution in [3.8, 4) is 0 Å². The van der Waals surface area contributed by atoms with Gasteiger partial charge in [-0.3, -0.25) is 25.0 Å². The largest absolute Gasteiger partial charge is 0.417 e. The van der Waals surface area contributed by atoms with Gasteiger partial charge in [0.25, 0.3) is 17.3 Å².